The molecule has 8 heteroatoms. The Hall–Kier alpha value is -2.77. The zero-order valence-electron chi connectivity index (χ0n) is 13.5. The number of carboxylic acids is 1. The fourth-order valence-electron chi connectivity index (χ4n) is 3.60. The summed E-state index contributed by atoms with van der Waals surface area (Å²) < 4.78 is 10.6. The highest BCUT2D eigenvalue weighted by molar-refractivity contribution is 6.00. The van der Waals surface area contributed by atoms with Crippen LogP contribution in [-0.2, 0) is 14.4 Å². The smallest absolute Gasteiger partial charge is 0.308 e. The van der Waals surface area contributed by atoms with Crippen molar-refractivity contribution in [3.05, 3.63) is 18.2 Å². The number of carbonyl (C=O) groups is 3. The van der Waals surface area contributed by atoms with Crippen LogP contribution < -0.4 is 14.4 Å². The summed E-state index contributed by atoms with van der Waals surface area (Å²) in [7, 11) is 0. The molecule has 1 aromatic rings. The van der Waals surface area contributed by atoms with Crippen molar-refractivity contribution in [1.29, 1.82) is 0 Å². The first-order valence-electron chi connectivity index (χ1n) is 8.24. The number of carbonyl (C=O) groups excluding carboxylic acids is 2. The third-order valence-corrected chi connectivity index (χ3v) is 4.99. The van der Waals surface area contributed by atoms with Gasteiger partial charge in [0.2, 0.25) is 18.6 Å². The molecular weight excluding hydrogens is 328 g/mol. The average molecular weight is 346 g/mol. The van der Waals surface area contributed by atoms with Crippen LogP contribution in [0.2, 0.25) is 0 Å². The Balaban J connectivity index is 1.45. The van der Waals surface area contributed by atoms with Crippen LogP contribution in [0, 0.1) is 11.8 Å². The molecule has 0 unspecified atom stereocenters. The first-order chi connectivity index (χ1) is 12.0. The Bertz CT molecular complexity index is 749. The van der Waals surface area contributed by atoms with Crippen molar-refractivity contribution >= 4 is 23.5 Å². The highest BCUT2D eigenvalue weighted by atomic mass is 16.7. The number of fused-ring (bicyclic) bond motifs is 1. The number of carboxylic acid groups (broad SMARTS) is 1. The van der Waals surface area contributed by atoms with E-state index in [2.05, 4.69) is 0 Å². The molecule has 0 spiro atoms. The maximum atomic E-state index is 12.6. The van der Waals surface area contributed by atoms with Gasteiger partial charge < -0.3 is 24.4 Å². The van der Waals surface area contributed by atoms with Gasteiger partial charge in [0.25, 0.3) is 0 Å². The molecule has 4 rings (SSSR count). The Kier molecular flexibility index (Phi) is 3.74. The van der Waals surface area contributed by atoms with E-state index in [-0.39, 0.29) is 31.6 Å². The Morgan fingerprint density at radius 2 is 1.92 bits per heavy atom. The lowest BCUT2D eigenvalue weighted by Crippen LogP contribution is -2.36. The number of likely N-dealkylation sites (tertiary alicyclic amines) is 1. The fraction of sp³-hybridized carbons (Fsp3) is 0.471. The summed E-state index contributed by atoms with van der Waals surface area (Å²) in [5.74, 6) is -0.855. The maximum absolute atomic E-state index is 12.6. The fourth-order valence-corrected chi connectivity index (χ4v) is 3.60. The molecule has 0 aromatic heterocycles. The number of anilines is 1. The molecule has 2 atom stereocenters. The van der Waals surface area contributed by atoms with E-state index in [1.165, 1.54) is 0 Å². The molecule has 3 aliphatic heterocycles. The lowest BCUT2D eigenvalue weighted by atomic mass is 10.1. The van der Waals surface area contributed by atoms with Gasteiger partial charge in [-0.15, -0.1) is 0 Å². The first kappa shape index (κ1) is 15.7. The molecule has 2 amide bonds. The second-order valence-electron chi connectivity index (χ2n) is 6.55. The molecule has 0 bridgehead atoms. The van der Waals surface area contributed by atoms with Crippen molar-refractivity contribution in [1.82, 2.24) is 4.90 Å². The number of amides is 2. The second kappa shape index (κ2) is 5.94. The summed E-state index contributed by atoms with van der Waals surface area (Å²) in [4.78, 5) is 39.2. The summed E-state index contributed by atoms with van der Waals surface area (Å²) >= 11 is 0. The molecule has 1 aromatic carbocycles. The van der Waals surface area contributed by atoms with E-state index >= 15 is 0 Å². The number of nitrogens with zero attached hydrogens (tertiary/aromatic N) is 2. The van der Waals surface area contributed by atoms with E-state index in [1.807, 2.05) is 0 Å². The quantitative estimate of drug-likeness (QED) is 0.865. The third kappa shape index (κ3) is 2.77. The van der Waals surface area contributed by atoms with Crippen LogP contribution in [0.1, 0.15) is 12.8 Å². The predicted octanol–water partition coefficient (Wildman–Crippen LogP) is 0.701. The Morgan fingerprint density at radius 3 is 2.68 bits per heavy atom. The van der Waals surface area contributed by atoms with Crippen LogP contribution in [-0.4, -0.2) is 54.2 Å². The maximum Gasteiger partial charge on any atom is 0.308 e. The molecule has 0 saturated carbocycles. The summed E-state index contributed by atoms with van der Waals surface area (Å²) in [5.41, 5.74) is 0.675. The van der Waals surface area contributed by atoms with Gasteiger partial charge in [-0.3, -0.25) is 14.4 Å². The van der Waals surface area contributed by atoms with Crippen LogP contribution in [0.4, 0.5) is 5.69 Å². The van der Waals surface area contributed by atoms with Crippen LogP contribution in [0.15, 0.2) is 18.2 Å². The molecule has 25 heavy (non-hydrogen) atoms. The van der Waals surface area contributed by atoms with E-state index in [0.29, 0.717) is 36.7 Å². The lowest BCUT2D eigenvalue weighted by molar-refractivity contribution is -0.141. The monoisotopic (exact) mass is 346 g/mol. The van der Waals surface area contributed by atoms with Crippen LogP contribution in [0.3, 0.4) is 0 Å². The number of rotatable bonds is 3. The van der Waals surface area contributed by atoms with Crippen LogP contribution in [0.5, 0.6) is 11.5 Å². The van der Waals surface area contributed by atoms with Crippen molar-refractivity contribution in [3.8, 4) is 11.5 Å². The minimum Gasteiger partial charge on any atom is -0.481 e. The average Bonchev–Trinajstić information content (AvgIpc) is 3.32. The van der Waals surface area contributed by atoms with E-state index in [0.717, 1.165) is 0 Å². The zero-order chi connectivity index (χ0) is 17.6. The normalized spacial score (nSPS) is 24.9. The number of hydrogen-bond acceptors (Lipinski definition) is 5. The van der Waals surface area contributed by atoms with Gasteiger partial charge in [0.1, 0.15) is 0 Å². The van der Waals surface area contributed by atoms with Crippen molar-refractivity contribution in [2.75, 3.05) is 31.3 Å². The van der Waals surface area contributed by atoms with E-state index in [4.69, 9.17) is 14.6 Å². The summed E-state index contributed by atoms with van der Waals surface area (Å²) in [6.07, 6.45) is 0.606. The Labute approximate surface area is 143 Å². The van der Waals surface area contributed by atoms with Crippen molar-refractivity contribution < 1.29 is 29.0 Å². The standard InChI is InChI=1S/C17H18N2O6/c20-15-5-11(16(21)18-4-3-10(7-18)17(22)23)8-19(15)12-1-2-13-14(6-12)25-9-24-13/h1-2,6,10-11H,3-5,7-9H2,(H,22,23)/t10-,11+/m0/s1. The molecular formula is C17H18N2O6. The number of ether oxygens (including phenoxy) is 2. The highest BCUT2D eigenvalue weighted by Crippen LogP contribution is 2.37. The summed E-state index contributed by atoms with van der Waals surface area (Å²) in [5, 5.41) is 9.07. The minimum absolute atomic E-state index is 0.119. The van der Waals surface area contributed by atoms with Gasteiger partial charge in [-0.1, -0.05) is 0 Å². The van der Waals surface area contributed by atoms with Crippen molar-refractivity contribution in [2.24, 2.45) is 11.8 Å². The van der Waals surface area contributed by atoms with Crippen molar-refractivity contribution in [3.63, 3.8) is 0 Å². The summed E-state index contributed by atoms with van der Waals surface area (Å²) in [6, 6.07) is 5.26. The zero-order valence-corrected chi connectivity index (χ0v) is 13.5. The second-order valence-corrected chi connectivity index (χ2v) is 6.55. The minimum atomic E-state index is -0.875. The number of hydrogen-bond donors (Lipinski definition) is 1. The number of aliphatic carboxylic acids is 1. The first-order valence-corrected chi connectivity index (χ1v) is 8.24. The van der Waals surface area contributed by atoms with Gasteiger partial charge in [-0.25, -0.2) is 0 Å². The molecule has 1 N–H and O–H groups in total. The van der Waals surface area contributed by atoms with Crippen LogP contribution in [0.25, 0.3) is 0 Å². The van der Waals surface area contributed by atoms with Crippen molar-refractivity contribution in [2.45, 2.75) is 12.8 Å². The lowest BCUT2D eigenvalue weighted by Gasteiger charge is -2.21. The van der Waals surface area contributed by atoms with E-state index in [1.54, 1.807) is 28.0 Å². The molecule has 2 saturated heterocycles. The molecule has 3 heterocycles. The molecule has 0 aliphatic carbocycles. The number of benzene rings is 1. The van der Waals surface area contributed by atoms with Gasteiger partial charge in [0.15, 0.2) is 11.5 Å². The van der Waals surface area contributed by atoms with Crippen LogP contribution >= 0.6 is 0 Å². The largest absolute Gasteiger partial charge is 0.481 e. The topological polar surface area (TPSA) is 96.4 Å². The van der Waals surface area contributed by atoms with Gasteiger partial charge >= 0.3 is 5.97 Å². The Morgan fingerprint density at radius 1 is 1.12 bits per heavy atom. The van der Waals surface area contributed by atoms with E-state index in [9.17, 15) is 14.4 Å². The van der Waals surface area contributed by atoms with Gasteiger partial charge in [-0.2, -0.15) is 0 Å². The van der Waals surface area contributed by atoms with Gasteiger partial charge in [0.05, 0.1) is 11.8 Å². The third-order valence-electron chi connectivity index (χ3n) is 4.99. The molecule has 0 radical (unpaired) electrons. The molecule has 2 fully saturated rings. The molecule has 8 nitrogen and oxygen atoms in total. The summed E-state index contributed by atoms with van der Waals surface area (Å²) in [6.45, 7) is 1.12. The van der Waals surface area contributed by atoms with E-state index < -0.39 is 17.8 Å². The van der Waals surface area contributed by atoms with Gasteiger partial charge in [0, 0.05) is 37.8 Å². The molecule has 3 aliphatic rings. The predicted molar refractivity (Wildman–Crippen MR) is 85.3 cm³/mol. The molecule has 132 valence electrons. The SMILES string of the molecule is O=C(O)[C@H]1CCN(C(=O)[C@@H]2CC(=O)N(c3ccc4c(c3)OCO4)C2)C1. The highest BCUT2D eigenvalue weighted by Gasteiger charge is 2.40. The van der Waals surface area contributed by atoms with Gasteiger partial charge in [-0.05, 0) is 18.6 Å².